The van der Waals surface area contributed by atoms with Crippen molar-refractivity contribution in [2.24, 2.45) is 34.5 Å². The summed E-state index contributed by atoms with van der Waals surface area (Å²) in [6.45, 7) is 15.6. The molecule has 1 heterocycles. The smallest absolute Gasteiger partial charge is 0.191 e. The first-order chi connectivity index (χ1) is 12.5. The van der Waals surface area contributed by atoms with Gasteiger partial charge in [0.2, 0.25) is 0 Å². The van der Waals surface area contributed by atoms with E-state index >= 15 is 0 Å². The molecule has 4 atom stereocenters. The molecule has 1 aliphatic heterocycles. The summed E-state index contributed by atoms with van der Waals surface area (Å²) in [5.41, 5.74) is 1.51. The standard InChI is InChI=1S/C24H36O3/c1-13(2)16-12-24(10-9-15-11-17(24)22(15,4)5)27-21-18(16)19(25)14(3)20(26-8)23(21,6)7/h13,15-17H,9-12H2,1-8H3/t15-,16+,17+,24+/m0/s1. The Kier molecular flexibility index (Phi) is 3.99. The Morgan fingerprint density at radius 3 is 2.37 bits per heavy atom. The Bertz CT molecular complexity index is 750. The van der Waals surface area contributed by atoms with E-state index in [-0.39, 0.29) is 17.3 Å². The van der Waals surface area contributed by atoms with Crippen LogP contribution in [-0.2, 0) is 14.3 Å². The monoisotopic (exact) mass is 372 g/mol. The van der Waals surface area contributed by atoms with Gasteiger partial charge >= 0.3 is 0 Å². The van der Waals surface area contributed by atoms with E-state index < -0.39 is 5.41 Å². The van der Waals surface area contributed by atoms with Crippen molar-refractivity contribution in [3.05, 3.63) is 22.7 Å². The number of carbonyl (C=O) groups is 1. The normalized spacial score (nSPS) is 39.3. The summed E-state index contributed by atoms with van der Waals surface area (Å²) in [4.78, 5) is 13.3. The Labute approximate surface area is 164 Å². The van der Waals surface area contributed by atoms with Gasteiger partial charge in [-0.2, -0.15) is 0 Å². The van der Waals surface area contributed by atoms with E-state index in [0.717, 1.165) is 41.4 Å². The van der Waals surface area contributed by atoms with Crippen LogP contribution in [0.1, 0.15) is 74.1 Å². The molecular weight excluding hydrogens is 336 g/mol. The number of methoxy groups -OCH3 is 1. The first-order valence-electron chi connectivity index (χ1n) is 10.7. The molecule has 4 aliphatic carbocycles. The second-order valence-electron chi connectivity index (χ2n) is 10.9. The predicted molar refractivity (Wildman–Crippen MR) is 107 cm³/mol. The molecule has 0 amide bonds. The number of rotatable bonds is 2. The van der Waals surface area contributed by atoms with E-state index in [9.17, 15) is 4.79 Å². The maximum absolute atomic E-state index is 13.3. The second-order valence-corrected chi connectivity index (χ2v) is 10.9. The number of allylic oxidation sites excluding steroid dienone is 2. The van der Waals surface area contributed by atoms with Gasteiger partial charge in [0.25, 0.3) is 0 Å². The van der Waals surface area contributed by atoms with Crippen LogP contribution in [0, 0.1) is 34.5 Å². The maximum atomic E-state index is 13.3. The molecule has 0 radical (unpaired) electrons. The van der Waals surface area contributed by atoms with Gasteiger partial charge in [-0.25, -0.2) is 0 Å². The molecule has 0 aromatic heterocycles. The Balaban J connectivity index is 1.86. The third-order valence-electron chi connectivity index (χ3n) is 8.58. The summed E-state index contributed by atoms with van der Waals surface area (Å²) in [5, 5.41) is 0. The fraction of sp³-hybridized carbons (Fsp3) is 0.792. The Morgan fingerprint density at radius 1 is 1.19 bits per heavy atom. The molecule has 5 rings (SSSR count). The van der Waals surface area contributed by atoms with Gasteiger partial charge in [-0.15, -0.1) is 0 Å². The van der Waals surface area contributed by atoms with Gasteiger partial charge in [-0.3, -0.25) is 4.79 Å². The highest BCUT2D eigenvalue weighted by molar-refractivity contribution is 6.10. The summed E-state index contributed by atoms with van der Waals surface area (Å²) in [5.74, 6) is 3.92. The fourth-order valence-electron chi connectivity index (χ4n) is 6.89. The fourth-order valence-corrected chi connectivity index (χ4v) is 6.89. The van der Waals surface area contributed by atoms with Gasteiger partial charge in [-0.1, -0.05) is 27.7 Å². The summed E-state index contributed by atoms with van der Waals surface area (Å²) >= 11 is 0. The quantitative estimate of drug-likeness (QED) is 0.627. The lowest BCUT2D eigenvalue weighted by atomic mass is 9.42. The van der Waals surface area contributed by atoms with Crippen LogP contribution < -0.4 is 0 Å². The Hall–Kier alpha value is -1.25. The molecule has 0 N–H and O–H groups in total. The average Bonchev–Trinajstić information content (AvgIpc) is 2.59. The van der Waals surface area contributed by atoms with Gasteiger partial charge in [0.1, 0.15) is 17.1 Å². The number of ether oxygens (including phenoxy) is 2. The number of fused-ring (bicyclic) bond motifs is 1. The molecule has 2 bridgehead atoms. The predicted octanol–water partition coefficient (Wildman–Crippen LogP) is 5.66. The van der Waals surface area contributed by atoms with Crippen LogP contribution in [0.25, 0.3) is 0 Å². The minimum absolute atomic E-state index is 0.117. The molecule has 3 heteroatoms. The molecule has 3 nitrogen and oxygen atoms in total. The first-order valence-corrected chi connectivity index (χ1v) is 10.7. The molecule has 0 unspecified atom stereocenters. The molecule has 5 aliphatic rings. The largest absolute Gasteiger partial charge is 0.500 e. The van der Waals surface area contributed by atoms with E-state index in [1.165, 1.54) is 12.8 Å². The van der Waals surface area contributed by atoms with Crippen LogP contribution in [0.2, 0.25) is 0 Å². The highest BCUT2D eigenvalue weighted by Gasteiger charge is 2.65. The zero-order valence-corrected chi connectivity index (χ0v) is 18.4. The van der Waals surface area contributed by atoms with Crippen molar-refractivity contribution in [2.75, 3.05) is 7.11 Å². The minimum atomic E-state index is -0.395. The van der Waals surface area contributed by atoms with Crippen LogP contribution in [0.15, 0.2) is 22.7 Å². The molecule has 3 fully saturated rings. The van der Waals surface area contributed by atoms with E-state index in [2.05, 4.69) is 41.5 Å². The van der Waals surface area contributed by atoms with Crippen molar-refractivity contribution in [1.82, 2.24) is 0 Å². The first kappa shape index (κ1) is 19.1. The van der Waals surface area contributed by atoms with E-state index in [4.69, 9.17) is 9.47 Å². The zero-order valence-electron chi connectivity index (χ0n) is 18.4. The molecule has 3 saturated carbocycles. The van der Waals surface area contributed by atoms with Gasteiger partial charge in [-0.05, 0) is 69.6 Å². The molecular formula is C24H36O3. The molecule has 27 heavy (non-hydrogen) atoms. The van der Waals surface area contributed by atoms with Gasteiger partial charge < -0.3 is 9.47 Å². The van der Waals surface area contributed by atoms with Crippen LogP contribution in [0.5, 0.6) is 0 Å². The van der Waals surface area contributed by atoms with Crippen molar-refractivity contribution < 1.29 is 14.3 Å². The van der Waals surface area contributed by atoms with Gasteiger partial charge in [0, 0.05) is 17.1 Å². The number of carbonyl (C=O) groups excluding carboxylic acids is 1. The zero-order chi connectivity index (χ0) is 19.9. The van der Waals surface area contributed by atoms with Crippen molar-refractivity contribution >= 4 is 5.78 Å². The van der Waals surface area contributed by atoms with Crippen molar-refractivity contribution in [3.63, 3.8) is 0 Å². The van der Waals surface area contributed by atoms with E-state index in [1.807, 2.05) is 6.92 Å². The number of ketones is 1. The maximum Gasteiger partial charge on any atom is 0.191 e. The highest BCUT2D eigenvalue weighted by atomic mass is 16.5. The average molecular weight is 373 g/mol. The van der Waals surface area contributed by atoms with E-state index in [0.29, 0.717) is 17.3 Å². The topological polar surface area (TPSA) is 35.5 Å². The van der Waals surface area contributed by atoms with Gasteiger partial charge in [0.05, 0.1) is 12.5 Å². The molecule has 0 saturated heterocycles. The van der Waals surface area contributed by atoms with E-state index in [1.54, 1.807) is 7.11 Å². The number of hydrogen-bond donors (Lipinski definition) is 0. The summed E-state index contributed by atoms with van der Waals surface area (Å²) in [6, 6.07) is 0. The molecule has 150 valence electrons. The van der Waals surface area contributed by atoms with Crippen LogP contribution in [0.3, 0.4) is 0 Å². The van der Waals surface area contributed by atoms with Crippen LogP contribution >= 0.6 is 0 Å². The minimum Gasteiger partial charge on any atom is -0.500 e. The Morgan fingerprint density at radius 2 is 1.85 bits per heavy atom. The number of hydrogen-bond acceptors (Lipinski definition) is 3. The van der Waals surface area contributed by atoms with Crippen molar-refractivity contribution in [3.8, 4) is 0 Å². The molecule has 1 spiro atoms. The molecule has 0 aromatic carbocycles. The third-order valence-corrected chi connectivity index (χ3v) is 8.58. The SMILES string of the molecule is COC1=C(C)C(=O)C2=C(O[C@]3(CC[C@H]4C[C@@H]3C4(C)C)C[C@@H]2C(C)C)C1(C)C. The second kappa shape index (κ2) is 5.64. The summed E-state index contributed by atoms with van der Waals surface area (Å²) in [7, 11) is 1.68. The summed E-state index contributed by atoms with van der Waals surface area (Å²) < 4.78 is 12.7. The van der Waals surface area contributed by atoms with Crippen molar-refractivity contribution in [1.29, 1.82) is 0 Å². The summed E-state index contributed by atoms with van der Waals surface area (Å²) in [6.07, 6.45) is 4.64. The van der Waals surface area contributed by atoms with Crippen LogP contribution in [-0.4, -0.2) is 18.5 Å². The highest BCUT2D eigenvalue weighted by Crippen LogP contribution is 2.68. The number of Topliss-reactive ketones (excluding diaryl/α,β-unsaturated/α-hetero) is 1. The molecule has 0 aromatic rings. The third kappa shape index (κ3) is 2.29. The van der Waals surface area contributed by atoms with Crippen molar-refractivity contribution in [2.45, 2.75) is 79.8 Å². The van der Waals surface area contributed by atoms with Gasteiger partial charge in [0.15, 0.2) is 5.78 Å². The lowest BCUT2D eigenvalue weighted by molar-refractivity contribution is -0.230. The lowest BCUT2D eigenvalue weighted by Gasteiger charge is -2.67. The lowest BCUT2D eigenvalue weighted by Crippen LogP contribution is -2.64. The van der Waals surface area contributed by atoms with Crippen LogP contribution in [0.4, 0.5) is 0 Å².